The third kappa shape index (κ3) is 3.32. The van der Waals surface area contributed by atoms with Crippen LogP contribution < -0.4 is 0 Å². The molecule has 106 valence electrons. The Morgan fingerprint density at radius 1 is 1.29 bits per heavy atom. The van der Waals surface area contributed by atoms with Gasteiger partial charge < -0.3 is 9.52 Å². The maximum Gasteiger partial charge on any atom is 0.335 e. The highest BCUT2D eigenvalue weighted by Crippen LogP contribution is 2.28. The molecule has 0 saturated carbocycles. The Balaban J connectivity index is 1.68. The van der Waals surface area contributed by atoms with Crippen LogP contribution in [0.15, 0.2) is 51.4 Å². The Kier molecular flexibility index (Phi) is 4.03. The summed E-state index contributed by atoms with van der Waals surface area (Å²) in [7, 11) is 0. The SMILES string of the molecule is O=C(O)c1cccc(CSc2nnc(-c3cccs3)o2)c1. The molecular formula is C14H10N2O3S2. The molecule has 3 aromatic rings. The number of rotatable bonds is 5. The molecule has 2 heterocycles. The molecule has 0 bridgehead atoms. The third-order valence-corrected chi connectivity index (χ3v) is 4.42. The van der Waals surface area contributed by atoms with Crippen LogP contribution in [0.3, 0.4) is 0 Å². The summed E-state index contributed by atoms with van der Waals surface area (Å²) in [6.45, 7) is 0. The van der Waals surface area contributed by atoms with Gasteiger partial charge in [0.15, 0.2) is 0 Å². The molecule has 21 heavy (non-hydrogen) atoms. The minimum atomic E-state index is -0.931. The van der Waals surface area contributed by atoms with E-state index in [4.69, 9.17) is 9.52 Å². The molecular weight excluding hydrogens is 308 g/mol. The van der Waals surface area contributed by atoms with E-state index in [1.165, 1.54) is 23.1 Å². The summed E-state index contributed by atoms with van der Waals surface area (Å²) in [5.41, 5.74) is 1.17. The molecule has 5 nitrogen and oxygen atoms in total. The summed E-state index contributed by atoms with van der Waals surface area (Å²) in [4.78, 5) is 11.8. The number of nitrogens with zero attached hydrogens (tertiary/aromatic N) is 2. The fourth-order valence-corrected chi connectivity index (χ4v) is 3.06. The minimum Gasteiger partial charge on any atom is -0.478 e. The zero-order valence-electron chi connectivity index (χ0n) is 10.7. The van der Waals surface area contributed by atoms with E-state index >= 15 is 0 Å². The van der Waals surface area contributed by atoms with Gasteiger partial charge in [-0.2, -0.15) is 0 Å². The molecule has 0 atom stereocenters. The first-order valence-corrected chi connectivity index (χ1v) is 7.91. The van der Waals surface area contributed by atoms with E-state index in [0.29, 0.717) is 16.9 Å². The Morgan fingerprint density at radius 2 is 2.19 bits per heavy atom. The Hall–Kier alpha value is -2.12. The predicted octanol–water partition coefficient (Wildman–Crippen LogP) is 3.79. The number of hydrogen-bond donors (Lipinski definition) is 1. The van der Waals surface area contributed by atoms with Gasteiger partial charge in [0.2, 0.25) is 0 Å². The quantitative estimate of drug-likeness (QED) is 0.721. The van der Waals surface area contributed by atoms with Gasteiger partial charge in [-0.05, 0) is 29.1 Å². The van der Waals surface area contributed by atoms with Gasteiger partial charge in [-0.1, -0.05) is 30.0 Å². The van der Waals surface area contributed by atoms with Crippen molar-refractivity contribution in [2.24, 2.45) is 0 Å². The molecule has 7 heteroatoms. The molecule has 3 rings (SSSR count). The van der Waals surface area contributed by atoms with Gasteiger partial charge in [0, 0.05) is 5.75 Å². The van der Waals surface area contributed by atoms with Gasteiger partial charge in [0.1, 0.15) is 0 Å². The number of benzene rings is 1. The molecule has 0 unspecified atom stereocenters. The van der Waals surface area contributed by atoms with Crippen LogP contribution in [0.4, 0.5) is 0 Å². The molecule has 0 spiro atoms. The van der Waals surface area contributed by atoms with Crippen molar-refractivity contribution in [2.45, 2.75) is 11.0 Å². The number of carboxylic acid groups (broad SMARTS) is 1. The highest BCUT2D eigenvalue weighted by atomic mass is 32.2. The van der Waals surface area contributed by atoms with Crippen LogP contribution in [0.2, 0.25) is 0 Å². The third-order valence-electron chi connectivity index (χ3n) is 2.67. The molecule has 0 radical (unpaired) electrons. The van der Waals surface area contributed by atoms with E-state index in [9.17, 15) is 4.79 Å². The first-order valence-electron chi connectivity index (χ1n) is 6.05. The summed E-state index contributed by atoms with van der Waals surface area (Å²) >= 11 is 2.92. The summed E-state index contributed by atoms with van der Waals surface area (Å²) in [5, 5.41) is 19.4. The van der Waals surface area contributed by atoms with Crippen LogP contribution in [0.5, 0.6) is 0 Å². The van der Waals surface area contributed by atoms with Crippen molar-refractivity contribution in [3.63, 3.8) is 0 Å². The lowest BCUT2D eigenvalue weighted by atomic mass is 10.1. The van der Waals surface area contributed by atoms with Crippen molar-refractivity contribution in [1.82, 2.24) is 10.2 Å². The largest absolute Gasteiger partial charge is 0.478 e. The van der Waals surface area contributed by atoms with Gasteiger partial charge in [-0.15, -0.1) is 21.5 Å². The van der Waals surface area contributed by atoms with Crippen LogP contribution in [0.1, 0.15) is 15.9 Å². The molecule has 1 aromatic carbocycles. The lowest BCUT2D eigenvalue weighted by molar-refractivity contribution is 0.0697. The molecule has 1 N–H and O–H groups in total. The van der Waals surface area contributed by atoms with E-state index in [2.05, 4.69) is 10.2 Å². The van der Waals surface area contributed by atoms with E-state index in [1.807, 2.05) is 23.6 Å². The van der Waals surface area contributed by atoms with Crippen molar-refractivity contribution >= 4 is 29.1 Å². The summed E-state index contributed by atoms with van der Waals surface area (Å²) in [6, 6.07) is 10.7. The van der Waals surface area contributed by atoms with Crippen molar-refractivity contribution in [1.29, 1.82) is 0 Å². The zero-order chi connectivity index (χ0) is 14.7. The zero-order valence-corrected chi connectivity index (χ0v) is 12.4. The van der Waals surface area contributed by atoms with Crippen LogP contribution >= 0.6 is 23.1 Å². The Labute approximate surface area is 128 Å². The molecule has 0 amide bonds. The Morgan fingerprint density at radius 3 is 2.95 bits per heavy atom. The van der Waals surface area contributed by atoms with Crippen LogP contribution in [0.25, 0.3) is 10.8 Å². The average Bonchev–Trinajstić information content (AvgIpc) is 3.16. The number of thiophene rings is 1. The molecule has 0 aliphatic heterocycles. The summed E-state index contributed by atoms with van der Waals surface area (Å²) in [6.07, 6.45) is 0. The predicted molar refractivity (Wildman–Crippen MR) is 80.6 cm³/mol. The van der Waals surface area contributed by atoms with E-state index in [-0.39, 0.29) is 5.56 Å². The number of hydrogen-bond acceptors (Lipinski definition) is 6. The van der Waals surface area contributed by atoms with E-state index < -0.39 is 5.97 Å². The van der Waals surface area contributed by atoms with Gasteiger partial charge in [-0.3, -0.25) is 0 Å². The normalized spacial score (nSPS) is 10.7. The second-order valence-electron chi connectivity index (χ2n) is 4.14. The molecule has 2 aromatic heterocycles. The molecule has 0 aliphatic carbocycles. The lowest BCUT2D eigenvalue weighted by Crippen LogP contribution is -1.96. The summed E-state index contributed by atoms with van der Waals surface area (Å²) < 4.78 is 5.56. The van der Waals surface area contributed by atoms with Gasteiger partial charge >= 0.3 is 5.97 Å². The molecule has 0 aliphatic rings. The fourth-order valence-electron chi connectivity index (χ4n) is 1.71. The van der Waals surface area contributed by atoms with Crippen LogP contribution in [0, 0.1) is 0 Å². The summed E-state index contributed by atoms with van der Waals surface area (Å²) in [5.74, 6) is 0.152. The maximum absolute atomic E-state index is 10.9. The van der Waals surface area contributed by atoms with Gasteiger partial charge in [-0.25, -0.2) is 4.79 Å². The second-order valence-corrected chi connectivity index (χ2v) is 6.02. The average molecular weight is 318 g/mol. The van der Waals surface area contributed by atoms with Crippen LogP contribution in [-0.2, 0) is 5.75 Å². The van der Waals surface area contributed by atoms with Crippen molar-refractivity contribution in [3.8, 4) is 10.8 Å². The number of carbonyl (C=O) groups is 1. The number of aromatic carboxylic acids is 1. The lowest BCUT2D eigenvalue weighted by Gasteiger charge is -2.00. The highest BCUT2D eigenvalue weighted by molar-refractivity contribution is 7.98. The molecule has 0 saturated heterocycles. The van der Waals surface area contributed by atoms with E-state index in [1.54, 1.807) is 18.2 Å². The number of aromatic nitrogens is 2. The van der Waals surface area contributed by atoms with E-state index in [0.717, 1.165) is 10.4 Å². The van der Waals surface area contributed by atoms with Crippen molar-refractivity contribution in [3.05, 3.63) is 52.9 Å². The molecule has 0 fully saturated rings. The fraction of sp³-hybridized carbons (Fsp3) is 0.0714. The van der Waals surface area contributed by atoms with Crippen LogP contribution in [-0.4, -0.2) is 21.3 Å². The smallest absolute Gasteiger partial charge is 0.335 e. The second kappa shape index (κ2) is 6.11. The monoisotopic (exact) mass is 318 g/mol. The topological polar surface area (TPSA) is 76.2 Å². The first-order chi connectivity index (χ1) is 10.2. The van der Waals surface area contributed by atoms with Gasteiger partial charge in [0.25, 0.3) is 11.1 Å². The Bertz CT molecular complexity index is 753. The van der Waals surface area contributed by atoms with Gasteiger partial charge in [0.05, 0.1) is 10.4 Å². The first kappa shape index (κ1) is 13.8. The van der Waals surface area contributed by atoms with Crippen molar-refractivity contribution < 1.29 is 14.3 Å². The van der Waals surface area contributed by atoms with Crippen molar-refractivity contribution in [2.75, 3.05) is 0 Å². The number of carboxylic acids is 1. The maximum atomic E-state index is 10.9. The standard InChI is InChI=1S/C14H10N2O3S2/c17-13(18)10-4-1-3-9(7-10)8-21-14-16-15-12(19-14)11-5-2-6-20-11/h1-7H,8H2,(H,17,18). The highest BCUT2D eigenvalue weighted by Gasteiger charge is 2.10. The minimum absolute atomic E-state index is 0.276. The number of thioether (sulfide) groups is 1.